The summed E-state index contributed by atoms with van der Waals surface area (Å²) >= 11 is 0. The van der Waals surface area contributed by atoms with E-state index in [1.54, 1.807) is 0 Å². The smallest absolute Gasteiger partial charge is 0.390 e. The Bertz CT molecular complexity index is 560. The summed E-state index contributed by atoms with van der Waals surface area (Å²) in [5.74, 6) is 0. The Morgan fingerprint density at radius 2 is 1.43 bits per heavy atom. The summed E-state index contributed by atoms with van der Waals surface area (Å²) < 4.78 is 11.5. The van der Waals surface area contributed by atoms with Crippen molar-refractivity contribution in [2.24, 2.45) is 0 Å². The summed E-state index contributed by atoms with van der Waals surface area (Å²) in [6.45, 7) is 5.36. The van der Waals surface area contributed by atoms with Gasteiger partial charge >= 0.3 is 9.28 Å². The Morgan fingerprint density at radius 3 is 2.10 bits per heavy atom. The molecule has 0 aliphatic carbocycles. The molecule has 0 heterocycles. The van der Waals surface area contributed by atoms with Crippen molar-refractivity contribution in [2.75, 3.05) is 13.2 Å². The molecular weight excluding hydrogens is 276 g/mol. The van der Waals surface area contributed by atoms with Gasteiger partial charge in [-0.1, -0.05) is 66.7 Å². The molecule has 0 N–H and O–H groups in total. The van der Waals surface area contributed by atoms with E-state index in [0.29, 0.717) is 13.2 Å². The predicted octanol–water partition coefficient (Wildman–Crippen LogP) is 3.63. The predicted molar refractivity (Wildman–Crippen MR) is 90.5 cm³/mol. The molecule has 0 fully saturated rings. The van der Waals surface area contributed by atoms with Crippen LogP contribution in [-0.4, -0.2) is 22.5 Å². The fourth-order valence-corrected chi connectivity index (χ4v) is 3.45. The summed E-state index contributed by atoms with van der Waals surface area (Å²) in [6.07, 6.45) is 4.24. The highest BCUT2D eigenvalue weighted by Gasteiger charge is 2.17. The molecule has 0 unspecified atom stereocenters. The van der Waals surface area contributed by atoms with Crippen LogP contribution in [0.15, 0.2) is 54.6 Å². The molecule has 2 aromatic carbocycles. The van der Waals surface area contributed by atoms with Crippen molar-refractivity contribution in [2.45, 2.75) is 13.8 Å². The molecule has 0 spiro atoms. The van der Waals surface area contributed by atoms with E-state index in [4.69, 9.17) is 8.85 Å². The first-order valence-corrected chi connectivity index (χ1v) is 8.61. The maximum Gasteiger partial charge on any atom is 0.423 e. The molecule has 21 heavy (non-hydrogen) atoms. The lowest BCUT2D eigenvalue weighted by molar-refractivity contribution is 0.225. The molecule has 2 aromatic rings. The third kappa shape index (κ3) is 4.97. The molecule has 2 rings (SSSR count). The van der Waals surface area contributed by atoms with Crippen LogP contribution in [0, 0.1) is 0 Å². The topological polar surface area (TPSA) is 18.5 Å². The van der Waals surface area contributed by atoms with E-state index >= 15 is 0 Å². The van der Waals surface area contributed by atoms with E-state index in [0.717, 1.165) is 5.19 Å². The molecular formula is C18H21O2Si. The van der Waals surface area contributed by atoms with E-state index in [2.05, 4.69) is 48.6 Å². The minimum Gasteiger partial charge on any atom is -0.390 e. The molecule has 0 aliphatic rings. The first-order valence-electron chi connectivity index (χ1n) is 7.29. The number of rotatable bonds is 7. The average Bonchev–Trinajstić information content (AvgIpc) is 2.54. The van der Waals surface area contributed by atoms with Gasteiger partial charge in [0.05, 0.1) is 0 Å². The van der Waals surface area contributed by atoms with E-state index in [9.17, 15) is 0 Å². The second kappa shape index (κ2) is 8.57. The number of hydrogen-bond donors (Lipinski definition) is 0. The Kier molecular flexibility index (Phi) is 6.41. The van der Waals surface area contributed by atoms with E-state index in [1.807, 2.05) is 32.0 Å². The van der Waals surface area contributed by atoms with Gasteiger partial charge in [-0.15, -0.1) is 0 Å². The third-order valence-electron chi connectivity index (χ3n) is 2.94. The molecule has 109 valence electrons. The first-order chi connectivity index (χ1) is 10.3. The zero-order valence-corrected chi connectivity index (χ0v) is 13.6. The maximum absolute atomic E-state index is 5.74. The molecule has 0 saturated heterocycles. The van der Waals surface area contributed by atoms with Gasteiger partial charge in [0.25, 0.3) is 0 Å². The number of hydrogen-bond acceptors (Lipinski definition) is 2. The Morgan fingerprint density at radius 1 is 0.810 bits per heavy atom. The van der Waals surface area contributed by atoms with Crippen LogP contribution in [0.2, 0.25) is 0 Å². The van der Waals surface area contributed by atoms with Crippen molar-refractivity contribution in [1.29, 1.82) is 0 Å². The maximum atomic E-state index is 5.74. The Labute approximate surface area is 128 Å². The molecule has 0 saturated carbocycles. The van der Waals surface area contributed by atoms with E-state index in [1.165, 1.54) is 11.1 Å². The van der Waals surface area contributed by atoms with Gasteiger partial charge in [-0.2, -0.15) is 0 Å². The Hall–Kier alpha value is -1.68. The molecule has 0 aliphatic heterocycles. The van der Waals surface area contributed by atoms with Crippen LogP contribution in [0.4, 0.5) is 0 Å². The van der Waals surface area contributed by atoms with Crippen LogP contribution in [-0.2, 0) is 8.85 Å². The molecule has 0 atom stereocenters. The SMILES string of the molecule is CCO[Si](OCC)c1cccc(C=Cc2ccccc2)c1. The Balaban J connectivity index is 2.15. The summed E-state index contributed by atoms with van der Waals surface area (Å²) in [7, 11) is -1.36. The van der Waals surface area contributed by atoms with Gasteiger partial charge in [-0.05, 0) is 30.2 Å². The number of benzene rings is 2. The second-order valence-corrected chi connectivity index (χ2v) is 6.25. The fourth-order valence-electron chi connectivity index (χ4n) is 2.00. The van der Waals surface area contributed by atoms with Crippen LogP contribution in [0.25, 0.3) is 12.2 Å². The zero-order valence-electron chi connectivity index (χ0n) is 12.6. The summed E-state index contributed by atoms with van der Waals surface area (Å²) in [6, 6.07) is 18.7. The lowest BCUT2D eigenvalue weighted by Gasteiger charge is -2.13. The summed E-state index contributed by atoms with van der Waals surface area (Å²) in [5.41, 5.74) is 2.36. The quantitative estimate of drug-likeness (QED) is 0.574. The van der Waals surface area contributed by atoms with Crippen LogP contribution in [0.5, 0.6) is 0 Å². The average molecular weight is 297 g/mol. The molecule has 0 aromatic heterocycles. The van der Waals surface area contributed by atoms with Crippen molar-refractivity contribution >= 4 is 26.6 Å². The molecule has 3 heteroatoms. The van der Waals surface area contributed by atoms with Gasteiger partial charge in [-0.25, -0.2) is 0 Å². The van der Waals surface area contributed by atoms with Crippen molar-refractivity contribution in [1.82, 2.24) is 0 Å². The second-order valence-electron chi connectivity index (χ2n) is 4.52. The van der Waals surface area contributed by atoms with Crippen molar-refractivity contribution in [3.05, 3.63) is 65.7 Å². The van der Waals surface area contributed by atoms with Crippen LogP contribution in [0.1, 0.15) is 25.0 Å². The van der Waals surface area contributed by atoms with Crippen LogP contribution < -0.4 is 5.19 Å². The van der Waals surface area contributed by atoms with Gasteiger partial charge in [-0.3, -0.25) is 0 Å². The molecule has 2 nitrogen and oxygen atoms in total. The summed E-state index contributed by atoms with van der Waals surface area (Å²) in [5, 5.41) is 1.15. The van der Waals surface area contributed by atoms with Crippen molar-refractivity contribution in [3.63, 3.8) is 0 Å². The lowest BCUT2D eigenvalue weighted by Crippen LogP contribution is -2.37. The fraction of sp³-hybridized carbons (Fsp3) is 0.222. The van der Waals surface area contributed by atoms with Gasteiger partial charge in [0.1, 0.15) is 0 Å². The van der Waals surface area contributed by atoms with Crippen LogP contribution in [0.3, 0.4) is 0 Å². The third-order valence-corrected chi connectivity index (χ3v) is 4.83. The normalized spacial score (nSPS) is 11.4. The molecule has 1 radical (unpaired) electrons. The lowest BCUT2D eigenvalue weighted by atomic mass is 10.1. The molecule has 0 bridgehead atoms. The van der Waals surface area contributed by atoms with Crippen molar-refractivity contribution < 1.29 is 8.85 Å². The highest BCUT2D eigenvalue weighted by Crippen LogP contribution is 2.07. The summed E-state index contributed by atoms with van der Waals surface area (Å²) in [4.78, 5) is 0. The van der Waals surface area contributed by atoms with Crippen molar-refractivity contribution in [3.8, 4) is 0 Å². The largest absolute Gasteiger partial charge is 0.423 e. The van der Waals surface area contributed by atoms with Gasteiger partial charge in [0, 0.05) is 13.2 Å². The monoisotopic (exact) mass is 297 g/mol. The van der Waals surface area contributed by atoms with Gasteiger partial charge < -0.3 is 8.85 Å². The van der Waals surface area contributed by atoms with Gasteiger partial charge in [0.2, 0.25) is 0 Å². The van der Waals surface area contributed by atoms with Gasteiger partial charge in [0.15, 0.2) is 0 Å². The highest BCUT2D eigenvalue weighted by atomic mass is 28.3. The highest BCUT2D eigenvalue weighted by molar-refractivity contribution is 6.61. The molecule has 0 amide bonds. The minimum absolute atomic E-state index is 0.679. The van der Waals surface area contributed by atoms with E-state index in [-0.39, 0.29) is 0 Å². The minimum atomic E-state index is -1.36. The van der Waals surface area contributed by atoms with Crippen LogP contribution >= 0.6 is 0 Å². The zero-order chi connectivity index (χ0) is 14.9. The standard InChI is InChI=1S/C18H21O2Si/c1-3-19-21(20-4-2)18-12-8-11-17(15-18)14-13-16-9-6-5-7-10-16/h5-15H,3-4H2,1-2H3. The van der Waals surface area contributed by atoms with E-state index < -0.39 is 9.28 Å². The first kappa shape index (κ1) is 15.7.